The Labute approximate surface area is 199 Å². The van der Waals surface area contributed by atoms with Gasteiger partial charge in [-0.05, 0) is 125 Å². The average molecular weight is 453 g/mol. The van der Waals surface area contributed by atoms with Crippen LogP contribution in [0.15, 0.2) is 43.0 Å². The molecule has 0 N–H and O–H groups in total. The molecule has 33 heavy (non-hydrogen) atoms. The lowest BCUT2D eigenvalue weighted by Gasteiger charge is -2.45. The fourth-order valence-electron chi connectivity index (χ4n) is 6.91. The first-order valence-corrected chi connectivity index (χ1v) is 13.3. The number of carbonyl (C=O) groups excluding carboxylic acids is 1. The molecule has 3 aliphatic rings. The molecule has 1 aromatic carbocycles. The molecule has 3 heteroatoms. The number of aryl methyl sites for hydroxylation is 1. The van der Waals surface area contributed by atoms with Gasteiger partial charge in [-0.2, -0.15) is 0 Å². The first kappa shape index (κ1) is 24.2. The average Bonchev–Trinajstić information content (AvgIpc) is 2.83. The number of allylic oxidation sites excluding steroid dienone is 3. The highest BCUT2D eigenvalue weighted by Gasteiger charge is 2.39. The smallest absolute Gasteiger partial charge is 0.314 e. The van der Waals surface area contributed by atoms with Crippen molar-refractivity contribution in [2.24, 2.45) is 35.5 Å². The lowest BCUT2D eigenvalue weighted by atomic mass is 9.61. The van der Waals surface area contributed by atoms with Crippen molar-refractivity contribution in [3.63, 3.8) is 0 Å². The molecular weight excluding hydrogens is 411 g/mol. The van der Waals surface area contributed by atoms with Crippen molar-refractivity contribution >= 4 is 5.97 Å². The number of hydrogen-bond donors (Lipinski definition) is 0. The highest BCUT2D eigenvalue weighted by molar-refractivity contribution is 5.75. The van der Waals surface area contributed by atoms with Crippen LogP contribution in [0.2, 0.25) is 0 Å². The van der Waals surface area contributed by atoms with Crippen molar-refractivity contribution in [1.29, 1.82) is 0 Å². The van der Waals surface area contributed by atoms with Gasteiger partial charge in [0.25, 0.3) is 0 Å². The predicted octanol–water partition coefficient (Wildman–Crippen LogP) is 8.06. The lowest BCUT2D eigenvalue weighted by molar-refractivity contribution is -0.140. The molecule has 0 heterocycles. The Bertz CT molecular complexity index is 836. The van der Waals surface area contributed by atoms with Crippen LogP contribution in [-0.4, -0.2) is 5.97 Å². The van der Waals surface area contributed by atoms with E-state index in [1.54, 1.807) is 18.2 Å². The summed E-state index contributed by atoms with van der Waals surface area (Å²) in [5.41, 5.74) is 0.639. The summed E-state index contributed by atoms with van der Waals surface area (Å²) >= 11 is 0. The molecule has 180 valence electrons. The summed E-state index contributed by atoms with van der Waals surface area (Å²) in [6.07, 6.45) is 20.2. The Morgan fingerprint density at radius 3 is 2.36 bits per heavy atom. The number of fused-ring (bicyclic) bond motifs is 1. The van der Waals surface area contributed by atoms with E-state index in [0.717, 1.165) is 61.7 Å². The maximum absolute atomic E-state index is 14.3. The summed E-state index contributed by atoms with van der Waals surface area (Å²) < 4.78 is 19.8. The molecule has 0 saturated heterocycles. The van der Waals surface area contributed by atoms with E-state index in [2.05, 4.69) is 25.7 Å². The van der Waals surface area contributed by atoms with E-state index in [9.17, 15) is 9.18 Å². The van der Waals surface area contributed by atoms with E-state index in [1.807, 2.05) is 0 Å². The minimum atomic E-state index is -0.304. The van der Waals surface area contributed by atoms with Crippen molar-refractivity contribution in [3.05, 3.63) is 54.4 Å². The molecule has 0 aromatic heterocycles. The van der Waals surface area contributed by atoms with Crippen LogP contribution in [-0.2, 0) is 11.2 Å². The number of ether oxygens (including phenoxy) is 1. The van der Waals surface area contributed by atoms with E-state index in [1.165, 1.54) is 44.6 Å². The summed E-state index contributed by atoms with van der Waals surface area (Å²) in [7, 11) is 0. The Kier molecular flexibility index (Phi) is 8.44. The first-order valence-electron chi connectivity index (χ1n) is 13.3. The number of benzene rings is 1. The summed E-state index contributed by atoms with van der Waals surface area (Å²) in [5.74, 6) is 4.09. The molecule has 3 aliphatic carbocycles. The van der Waals surface area contributed by atoms with E-state index in [-0.39, 0.29) is 17.7 Å². The maximum Gasteiger partial charge on any atom is 0.314 e. The van der Waals surface area contributed by atoms with Gasteiger partial charge in [0.15, 0.2) is 0 Å². The zero-order chi connectivity index (χ0) is 23.2. The predicted molar refractivity (Wildman–Crippen MR) is 132 cm³/mol. The summed E-state index contributed by atoms with van der Waals surface area (Å²) in [4.78, 5) is 12.7. The number of esters is 1. The Morgan fingerprint density at radius 1 is 1.00 bits per heavy atom. The monoisotopic (exact) mass is 452 g/mol. The molecule has 0 spiro atoms. The third kappa shape index (κ3) is 6.16. The maximum atomic E-state index is 14.3. The molecule has 2 nitrogen and oxygen atoms in total. The molecule has 4 atom stereocenters. The second kappa shape index (κ2) is 11.5. The quantitative estimate of drug-likeness (QED) is 0.237. The van der Waals surface area contributed by atoms with Gasteiger partial charge in [-0.25, -0.2) is 4.39 Å². The van der Waals surface area contributed by atoms with Crippen LogP contribution in [0.3, 0.4) is 0 Å². The van der Waals surface area contributed by atoms with Gasteiger partial charge < -0.3 is 4.74 Å². The summed E-state index contributed by atoms with van der Waals surface area (Å²) in [5, 5.41) is 0. The van der Waals surface area contributed by atoms with Crippen LogP contribution < -0.4 is 4.74 Å². The number of carbonyl (C=O) groups is 1. The fourth-order valence-corrected chi connectivity index (χ4v) is 6.91. The first-order chi connectivity index (χ1) is 16.1. The van der Waals surface area contributed by atoms with Crippen LogP contribution in [0.1, 0.15) is 83.1 Å². The zero-order valence-electron chi connectivity index (χ0n) is 20.3. The van der Waals surface area contributed by atoms with Gasteiger partial charge in [0.05, 0.1) is 5.92 Å². The van der Waals surface area contributed by atoms with Gasteiger partial charge in [0.2, 0.25) is 0 Å². The Hall–Kier alpha value is -1.90. The van der Waals surface area contributed by atoms with E-state index < -0.39 is 0 Å². The highest BCUT2D eigenvalue weighted by Crippen LogP contribution is 2.49. The minimum absolute atomic E-state index is 0.0441. The molecule has 4 unspecified atom stereocenters. The van der Waals surface area contributed by atoms with Crippen LogP contribution in [0, 0.1) is 41.3 Å². The molecule has 0 radical (unpaired) electrons. The number of hydrogen-bond acceptors (Lipinski definition) is 2. The van der Waals surface area contributed by atoms with Gasteiger partial charge in [-0.15, -0.1) is 6.58 Å². The van der Waals surface area contributed by atoms with Crippen LogP contribution in [0.4, 0.5) is 4.39 Å². The lowest BCUT2D eigenvalue weighted by Crippen LogP contribution is -2.35. The van der Waals surface area contributed by atoms with Gasteiger partial charge in [0.1, 0.15) is 11.6 Å². The molecule has 0 amide bonds. The van der Waals surface area contributed by atoms with Gasteiger partial charge >= 0.3 is 5.97 Å². The van der Waals surface area contributed by atoms with Crippen molar-refractivity contribution in [2.45, 2.75) is 84.0 Å². The molecule has 1 aromatic rings. The SMILES string of the molecule is C=CCCc1ccc(OC(=O)C2CCC(C3CCC4CC(/C=C/C)CCC4C3)CC2)cc1F. The summed E-state index contributed by atoms with van der Waals surface area (Å²) in [6, 6.07) is 4.79. The molecule has 0 bridgehead atoms. The van der Waals surface area contributed by atoms with Gasteiger partial charge in [-0.1, -0.05) is 24.3 Å². The van der Waals surface area contributed by atoms with Crippen LogP contribution in [0.25, 0.3) is 0 Å². The van der Waals surface area contributed by atoms with Crippen molar-refractivity contribution in [1.82, 2.24) is 0 Å². The normalized spacial score (nSPS) is 32.3. The number of rotatable bonds is 7. The standard InChI is InChI=1S/C30H41FO2/c1-3-5-7-23-16-17-28(20-29(23)31)33-30(32)24-12-10-22(11-13-24)26-15-14-25-18-21(6-4-2)8-9-27(25)19-26/h3-4,6,16-17,20-22,24-27H,1,5,7-15,18-19H2,2H3/b6-4+. The minimum Gasteiger partial charge on any atom is -0.426 e. The van der Waals surface area contributed by atoms with Gasteiger partial charge in [-0.3, -0.25) is 4.79 Å². The third-order valence-corrected chi connectivity index (χ3v) is 8.79. The number of halogens is 1. The molecule has 4 rings (SSSR count). The Balaban J connectivity index is 1.23. The van der Waals surface area contributed by atoms with Crippen molar-refractivity contribution in [2.75, 3.05) is 0 Å². The third-order valence-electron chi connectivity index (χ3n) is 8.79. The van der Waals surface area contributed by atoms with E-state index in [0.29, 0.717) is 17.7 Å². The van der Waals surface area contributed by atoms with Crippen LogP contribution in [0.5, 0.6) is 5.75 Å². The molecular formula is C30H41FO2. The second-order valence-electron chi connectivity index (χ2n) is 10.8. The molecule has 0 aliphatic heterocycles. The largest absolute Gasteiger partial charge is 0.426 e. The molecule has 3 saturated carbocycles. The topological polar surface area (TPSA) is 26.3 Å². The van der Waals surface area contributed by atoms with E-state index >= 15 is 0 Å². The summed E-state index contributed by atoms with van der Waals surface area (Å²) in [6.45, 7) is 5.83. The van der Waals surface area contributed by atoms with Crippen molar-refractivity contribution in [3.8, 4) is 5.75 Å². The van der Waals surface area contributed by atoms with Crippen molar-refractivity contribution < 1.29 is 13.9 Å². The zero-order valence-corrected chi connectivity index (χ0v) is 20.3. The Morgan fingerprint density at radius 2 is 1.67 bits per heavy atom. The van der Waals surface area contributed by atoms with Crippen LogP contribution >= 0.6 is 0 Å². The highest BCUT2D eigenvalue weighted by atomic mass is 19.1. The fraction of sp³-hybridized carbons (Fsp3) is 0.633. The van der Waals surface area contributed by atoms with E-state index in [4.69, 9.17) is 4.74 Å². The molecule has 3 fully saturated rings. The second-order valence-corrected chi connectivity index (χ2v) is 10.8. The van der Waals surface area contributed by atoms with Gasteiger partial charge in [0, 0.05) is 6.07 Å².